The lowest BCUT2D eigenvalue weighted by Gasteiger charge is -2.46. The van der Waals surface area contributed by atoms with E-state index in [-0.39, 0.29) is 6.42 Å². The summed E-state index contributed by atoms with van der Waals surface area (Å²) < 4.78 is 31.8. The fraction of sp³-hybridized carbons (Fsp3) is 0.690. The minimum Gasteiger partial charge on any atom is -0.469 e. The molecule has 0 aromatic carbocycles. The van der Waals surface area contributed by atoms with E-state index < -0.39 is 108 Å². The SMILES string of the molecule is COC(=O)[C@@H](CC(C)=O)[C@@]1([N+](=O)[O-])CC(C)=C(C)C[C@@H]1[C@H](OC(C)=O)[C@@H](OC(C)=O)[C@@H](OC(C)=O)[C@@H](COC(C)=O)OC(C)=O. The molecule has 0 radical (unpaired) electrons. The summed E-state index contributed by atoms with van der Waals surface area (Å²) in [6.07, 6.45) is -8.58. The molecule has 0 aliphatic heterocycles. The normalized spacial score (nSPS) is 21.1. The standard InChI is InChI=1S/C29H41NO15/c1-14-10-22(29(30(38)39,12-15(14)2)23(11-16(3)31)28(37)40-9)25(43-19(6)34)27(45-21(8)36)26(44-20(7)35)24(42-18(5)33)13-41-17(4)32/h22-27H,10-13H2,1-9H3/t22-,23-,24-,25+,26+,27-,29-/m1/s1. The van der Waals surface area contributed by atoms with Crippen molar-refractivity contribution < 1.29 is 66.9 Å². The number of esters is 6. The Morgan fingerprint density at radius 1 is 0.800 bits per heavy atom. The molecule has 252 valence electrons. The molecule has 0 fully saturated rings. The lowest BCUT2D eigenvalue weighted by Crippen LogP contribution is -2.64. The van der Waals surface area contributed by atoms with Crippen LogP contribution in [-0.4, -0.2) is 90.2 Å². The molecule has 0 unspecified atom stereocenters. The van der Waals surface area contributed by atoms with Crippen molar-refractivity contribution in [3.05, 3.63) is 21.3 Å². The predicted octanol–water partition coefficient (Wildman–Crippen LogP) is 1.81. The van der Waals surface area contributed by atoms with Crippen LogP contribution in [0.15, 0.2) is 11.1 Å². The van der Waals surface area contributed by atoms with Gasteiger partial charge < -0.3 is 28.4 Å². The Hall–Kier alpha value is -4.37. The van der Waals surface area contributed by atoms with Crippen molar-refractivity contribution in [2.75, 3.05) is 13.7 Å². The Morgan fingerprint density at radius 3 is 1.73 bits per heavy atom. The highest BCUT2D eigenvalue weighted by Gasteiger charge is 2.66. The third-order valence-electron chi connectivity index (χ3n) is 7.45. The van der Waals surface area contributed by atoms with E-state index in [1.807, 2.05) is 0 Å². The second-order valence-electron chi connectivity index (χ2n) is 11.0. The quantitative estimate of drug-likeness (QED) is 0.0817. The Labute approximate surface area is 260 Å². The molecule has 0 aromatic rings. The van der Waals surface area contributed by atoms with Gasteiger partial charge in [-0.1, -0.05) is 11.1 Å². The van der Waals surface area contributed by atoms with E-state index in [2.05, 4.69) is 0 Å². The van der Waals surface area contributed by atoms with E-state index in [0.717, 1.165) is 48.7 Å². The van der Waals surface area contributed by atoms with Gasteiger partial charge in [-0.25, -0.2) is 0 Å². The average Bonchev–Trinajstić information content (AvgIpc) is 2.90. The Morgan fingerprint density at radius 2 is 1.31 bits per heavy atom. The van der Waals surface area contributed by atoms with Crippen LogP contribution in [0.1, 0.15) is 74.7 Å². The molecule has 1 rings (SSSR count). The van der Waals surface area contributed by atoms with Crippen molar-refractivity contribution in [1.82, 2.24) is 0 Å². The van der Waals surface area contributed by atoms with Crippen LogP contribution in [0.25, 0.3) is 0 Å². The van der Waals surface area contributed by atoms with Crippen molar-refractivity contribution in [3.63, 3.8) is 0 Å². The van der Waals surface area contributed by atoms with Gasteiger partial charge in [-0.2, -0.15) is 0 Å². The maximum absolute atomic E-state index is 13.2. The van der Waals surface area contributed by atoms with Gasteiger partial charge in [0.2, 0.25) is 5.54 Å². The lowest BCUT2D eigenvalue weighted by molar-refractivity contribution is -0.593. The van der Waals surface area contributed by atoms with Gasteiger partial charge in [0.25, 0.3) is 0 Å². The number of ether oxygens (including phenoxy) is 6. The molecule has 0 aromatic heterocycles. The number of hydrogen-bond acceptors (Lipinski definition) is 15. The number of hydrogen-bond donors (Lipinski definition) is 0. The highest BCUT2D eigenvalue weighted by Crippen LogP contribution is 2.49. The number of nitro groups is 1. The Bertz CT molecular complexity index is 1220. The number of allylic oxidation sites excluding steroid dienone is 1. The van der Waals surface area contributed by atoms with Crippen molar-refractivity contribution in [1.29, 1.82) is 0 Å². The second kappa shape index (κ2) is 16.6. The molecule has 1 aliphatic rings. The number of rotatable bonds is 15. The van der Waals surface area contributed by atoms with Crippen LogP contribution in [0.5, 0.6) is 0 Å². The van der Waals surface area contributed by atoms with Crippen LogP contribution >= 0.6 is 0 Å². The fourth-order valence-electron chi connectivity index (χ4n) is 5.63. The second-order valence-corrected chi connectivity index (χ2v) is 11.0. The summed E-state index contributed by atoms with van der Waals surface area (Å²) in [6.45, 7) is 8.60. The van der Waals surface area contributed by atoms with Gasteiger partial charge in [-0.05, 0) is 27.2 Å². The molecular weight excluding hydrogens is 602 g/mol. The topological polar surface area (TPSA) is 218 Å². The van der Waals surface area contributed by atoms with Crippen molar-refractivity contribution in [2.45, 2.75) is 105 Å². The zero-order valence-electron chi connectivity index (χ0n) is 26.9. The minimum atomic E-state index is -2.39. The Kier molecular flexibility index (Phi) is 14.3. The molecule has 16 heteroatoms. The number of methoxy groups -OCH3 is 1. The lowest BCUT2D eigenvalue weighted by atomic mass is 9.61. The van der Waals surface area contributed by atoms with Crippen LogP contribution in [0, 0.1) is 22.0 Å². The van der Waals surface area contributed by atoms with Crippen LogP contribution in [-0.2, 0) is 62.0 Å². The summed E-state index contributed by atoms with van der Waals surface area (Å²) in [5.41, 5.74) is -1.28. The summed E-state index contributed by atoms with van der Waals surface area (Å²) in [6, 6.07) is 0. The highest BCUT2D eigenvalue weighted by atomic mass is 16.6. The molecule has 0 amide bonds. The predicted molar refractivity (Wildman–Crippen MR) is 150 cm³/mol. The van der Waals surface area contributed by atoms with E-state index in [4.69, 9.17) is 28.4 Å². The van der Waals surface area contributed by atoms with Crippen LogP contribution < -0.4 is 0 Å². The number of nitrogens with zero attached hydrogens (tertiary/aromatic N) is 1. The molecule has 16 nitrogen and oxygen atoms in total. The first-order valence-corrected chi connectivity index (χ1v) is 14.0. The van der Waals surface area contributed by atoms with Crippen LogP contribution in [0.3, 0.4) is 0 Å². The molecule has 0 bridgehead atoms. The first kappa shape index (κ1) is 38.7. The van der Waals surface area contributed by atoms with Gasteiger partial charge in [0.05, 0.1) is 13.0 Å². The molecule has 0 saturated carbocycles. The van der Waals surface area contributed by atoms with Crippen molar-refractivity contribution in [2.24, 2.45) is 11.8 Å². The molecule has 0 N–H and O–H groups in total. The van der Waals surface area contributed by atoms with E-state index in [0.29, 0.717) is 11.1 Å². The molecule has 7 atom stereocenters. The molecule has 0 spiro atoms. The van der Waals surface area contributed by atoms with Gasteiger partial charge in [0.1, 0.15) is 18.3 Å². The van der Waals surface area contributed by atoms with Gasteiger partial charge in [0.15, 0.2) is 24.4 Å². The van der Waals surface area contributed by atoms with Gasteiger partial charge >= 0.3 is 35.8 Å². The molecule has 0 heterocycles. The van der Waals surface area contributed by atoms with Crippen molar-refractivity contribution in [3.8, 4) is 0 Å². The third kappa shape index (κ3) is 10.4. The molecule has 1 aliphatic carbocycles. The molecule has 45 heavy (non-hydrogen) atoms. The van der Waals surface area contributed by atoms with Crippen LogP contribution in [0.2, 0.25) is 0 Å². The third-order valence-corrected chi connectivity index (χ3v) is 7.45. The van der Waals surface area contributed by atoms with E-state index in [9.17, 15) is 43.7 Å². The van der Waals surface area contributed by atoms with E-state index in [1.54, 1.807) is 13.8 Å². The smallest absolute Gasteiger partial charge is 0.316 e. The number of Topliss-reactive ketones (excluding diaryl/α,β-unsaturated/α-hetero) is 1. The first-order valence-electron chi connectivity index (χ1n) is 14.0. The summed E-state index contributed by atoms with van der Waals surface area (Å²) in [4.78, 5) is 99.2. The fourth-order valence-corrected chi connectivity index (χ4v) is 5.63. The number of carbonyl (C=O) groups is 7. The van der Waals surface area contributed by atoms with Crippen LogP contribution in [0.4, 0.5) is 0 Å². The number of carbonyl (C=O) groups excluding carboxylic acids is 7. The zero-order valence-corrected chi connectivity index (χ0v) is 26.9. The van der Waals surface area contributed by atoms with Gasteiger partial charge in [-0.15, -0.1) is 0 Å². The highest BCUT2D eigenvalue weighted by molar-refractivity contribution is 5.84. The van der Waals surface area contributed by atoms with Gasteiger partial charge in [0, 0.05) is 52.4 Å². The van der Waals surface area contributed by atoms with E-state index >= 15 is 0 Å². The largest absolute Gasteiger partial charge is 0.469 e. The molecule has 0 saturated heterocycles. The monoisotopic (exact) mass is 643 g/mol. The summed E-state index contributed by atoms with van der Waals surface area (Å²) >= 11 is 0. The summed E-state index contributed by atoms with van der Waals surface area (Å²) in [5.74, 6) is -9.71. The van der Waals surface area contributed by atoms with E-state index in [1.165, 1.54) is 0 Å². The molecular formula is C29H41NO15. The minimum absolute atomic E-state index is 0.219. The maximum Gasteiger partial charge on any atom is 0.316 e. The summed E-state index contributed by atoms with van der Waals surface area (Å²) in [5, 5.41) is 13.2. The average molecular weight is 644 g/mol. The number of ketones is 1. The van der Waals surface area contributed by atoms with Gasteiger partial charge in [-0.3, -0.25) is 43.7 Å². The Balaban J connectivity index is 4.25. The maximum atomic E-state index is 13.2. The summed E-state index contributed by atoms with van der Waals surface area (Å²) in [7, 11) is 0.996. The first-order chi connectivity index (χ1) is 20.8. The zero-order chi connectivity index (χ0) is 34.8. The van der Waals surface area contributed by atoms with Crippen molar-refractivity contribution >= 4 is 41.6 Å².